The van der Waals surface area contributed by atoms with E-state index in [-0.39, 0.29) is 29.9 Å². The average Bonchev–Trinajstić information content (AvgIpc) is 2.82. The van der Waals surface area contributed by atoms with Gasteiger partial charge in [-0.05, 0) is 49.4 Å². The van der Waals surface area contributed by atoms with Crippen LogP contribution in [0.5, 0.6) is 17.2 Å². The van der Waals surface area contributed by atoms with E-state index >= 15 is 0 Å². The minimum Gasteiger partial charge on any atom is -0.494 e. The summed E-state index contributed by atoms with van der Waals surface area (Å²) in [4.78, 5) is 26.1. The smallest absolute Gasteiger partial charge is 0.225 e. The molecule has 1 aliphatic heterocycles. The van der Waals surface area contributed by atoms with Gasteiger partial charge in [-0.3, -0.25) is 9.59 Å². The Morgan fingerprint density at radius 1 is 0.970 bits per heavy atom. The fourth-order valence-corrected chi connectivity index (χ4v) is 4.78. The lowest BCUT2D eigenvalue weighted by Gasteiger charge is -2.35. The monoisotopic (exact) mass is 449 g/mol. The third-order valence-electron chi connectivity index (χ3n) is 6.25. The zero-order chi connectivity index (χ0) is 23.4. The summed E-state index contributed by atoms with van der Waals surface area (Å²) >= 11 is 0. The van der Waals surface area contributed by atoms with E-state index in [9.17, 15) is 9.59 Å². The standard InChI is InChI=1S/C27H31NO5/c1-4-13-33-19-11-9-17(10-12-19)18-14-22-26(23(29)15-18)21(16-25(30)28-22)20-7-6-8-24(31-3)27(20)32-5-2/h6-12,18,21H,4-5,13-16H2,1-3H3,(H,28,30). The van der Waals surface area contributed by atoms with Crippen LogP contribution in [0.2, 0.25) is 0 Å². The molecule has 6 nitrogen and oxygen atoms in total. The Bertz CT molecular complexity index is 1060. The van der Waals surface area contributed by atoms with Crippen LogP contribution in [-0.4, -0.2) is 32.0 Å². The molecular weight excluding hydrogens is 418 g/mol. The number of carbonyl (C=O) groups is 2. The van der Waals surface area contributed by atoms with Crippen molar-refractivity contribution in [1.82, 2.24) is 5.32 Å². The lowest BCUT2D eigenvalue weighted by molar-refractivity contribution is -0.122. The molecule has 2 aliphatic rings. The number of methoxy groups -OCH3 is 1. The van der Waals surface area contributed by atoms with Gasteiger partial charge in [-0.15, -0.1) is 0 Å². The first-order valence-corrected chi connectivity index (χ1v) is 11.6. The van der Waals surface area contributed by atoms with E-state index in [0.29, 0.717) is 43.1 Å². The summed E-state index contributed by atoms with van der Waals surface area (Å²) in [6.07, 6.45) is 2.20. The van der Waals surface area contributed by atoms with Crippen molar-refractivity contribution >= 4 is 11.7 Å². The van der Waals surface area contributed by atoms with Gasteiger partial charge in [0.1, 0.15) is 5.75 Å². The Kier molecular flexibility index (Phi) is 7.02. The Hall–Kier alpha value is -3.28. The summed E-state index contributed by atoms with van der Waals surface area (Å²) in [5.41, 5.74) is 3.33. The maximum atomic E-state index is 13.4. The van der Waals surface area contributed by atoms with Gasteiger partial charge in [-0.25, -0.2) is 0 Å². The van der Waals surface area contributed by atoms with Crippen molar-refractivity contribution in [3.8, 4) is 17.2 Å². The minimum atomic E-state index is -0.344. The van der Waals surface area contributed by atoms with E-state index in [1.54, 1.807) is 7.11 Å². The third kappa shape index (κ3) is 4.75. The zero-order valence-corrected chi connectivity index (χ0v) is 19.5. The van der Waals surface area contributed by atoms with Gasteiger partial charge in [-0.1, -0.05) is 31.2 Å². The van der Waals surface area contributed by atoms with Gasteiger partial charge in [0, 0.05) is 35.6 Å². The number of benzene rings is 2. The van der Waals surface area contributed by atoms with Crippen molar-refractivity contribution in [3.05, 3.63) is 64.9 Å². The molecule has 1 N–H and O–H groups in total. The topological polar surface area (TPSA) is 73.9 Å². The van der Waals surface area contributed by atoms with Crippen molar-refractivity contribution in [3.63, 3.8) is 0 Å². The first kappa shape index (κ1) is 22.9. The van der Waals surface area contributed by atoms with Crippen LogP contribution in [0.3, 0.4) is 0 Å². The largest absolute Gasteiger partial charge is 0.494 e. The number of hydrogen-bond acceptors (Lipinski definition) is 5. The molecule has 4 rings (SSSR count). The lowest BCUT2D eigenvalue weighted by Crippen LogP contribution is -2.38. The van der Waals surface area contributed by atoms with E-state index < -0.39 is 0 Å². The van der Waals surface area contributed by atoms with Gasteiger partial charge >= 0.3 is 0 Å². The van der Waals surface area contributed by atoms with E-state index in [4.69, 9.17) is 14.2 Å². The van der Waals surface area contributed by atoms with Gasteiger partial charge in [-0.2, -0.15) is 0 Å². The molecule has 0 aromatic heterocycles. The normalized spacial score (nSPS) is 20.2. The summed E-state index contributed by atoms with van der Waals surface area (Å²) in [5, 5.41) is 2.99. The van der Waals surface area contributed by atoms with Crippen LogP contribution in [0, 0.1) is 0 Å². The Labute approximate surface area is 194 Å². The van der Waals surface area contributed by atoms with Crippen molar-refractivity contribution < 1.29 is 23.8 Å². The highest BCUT2D eigenvalue weighted by Crippen LogP contribution is 2.46. The maximum Gasteiger partial charge on any atom is 0.225 e. The molecule has 0 saturated heterocycles. The predicted octanol–water partition coefficient (Wildman–Crippen LogP) is 4.89. The third-order valence-corrected chi connectivity index (χ3v) is 6.25. The molecule has 0 saturated carbocycles. The molecule has 2 aromatic rings. The second kappa shape index (κ2) is 10.1. The second-order valence-electron chi connectivity index (χ2n) is 8.45. The molecule has 1 amide bonds. The molecule has 0 bridgehead atoms. The number of ketones is 1. The van der Waals surface area contributed by atoms with Crippen molar-refractivity contribution in [2.45, 2.75) is 51.4 Å². The van der Waals surface area contributed by atoms with E-state index in [2.05, 4.69) is 12.2 Å². The van der Waals surface area contributed by atoms with Crippen molar-refractivity contribution in [2.75, 3.05) is 20.3 Å². The highest BCUT2D eigenvalue weighted by Gasteiger charge is 2.39. The molecule has 6 heteroatoms. The highest BCUT2D eigenvalue weighted by atomic mass is 16.5. The van der Waals surface area contributed by atoms with Crippen LogP contribution in [0.15, 0.2) is 53.7 Å². The van der Waals surface area contributed by atoms with Gasteiger partial charge in [0.05, 0.1) is 20.3 Å². The molecule has 174 valence electrons. The fraction of sp³-hybridized carbons (Fsp3) is 0.407. The SMILES string of the molecule is CCCOc1ccc(C2CC(=O)C3=C(C2)NC(=O)CC3c2cccc(OC)c2OCC)cc1. The molecule has 0 fully saturated rings. The van der Waals surface area contributed by atoms with Crippen molar-refractivity contribution in [1.29, 1.82) is 0 Å². The maximum absolute atomic E-state index is 13.4. The number of nitrogens with one attached hydrogen (secondary N) is 1. The van der Waals surface area contributed by atoms with E-state index in [1.165, 1.54) is 0 Å². The number of amides is 1. The van der Waals surface area contributed by atoms with Gasteiger partial charge in [0.2, 0.25) is 5.91 Å². The van der Waals surface area contributed by atoms with E-state index in [1.807, 2.05) is 49.4 Å². The van der Waals surface area contributed by atoms with Crippen LogP contribution >= 0.6 is 0 Å². The molecule has 0 spiro atoms. The van der Waals surface area contributed by atoms with Gasteiger partial charge < -0.3 is 19.5 Å². The summed E-state index contributed by atoms with van der Waals surface area (Å²) in [7, 11) is 1.59. The van der Waals surface area contributed by atoms with Crippen LogP contribution in [0.25, 0.3) is 0 Å². The molecule has 1 heterocycles. The fourth-order valence-electron chi connectivity index (χ4n) is 4.78. The van der Waals surface area contributed by atoms with Crippen LogP contribution in [0.1, 0.15) is 62.5 Å². The number of allylic oxidation sites excluding steroid dienone is 2. The number of Topliss-reactive ketones (excluding diaryl/α,β-unsaturated/α-hetero) is 1. The van der Waals surface area contributed by atoms with Gasteiger partial charge in [0.25, 0.3) is 0 Å². The second-order valence-corrected chi connectivity index (χ2v) is 8.45. The molecule has 33 heavy (non-hydrogen) atoms. The lowest BCUT2D eigenvalue weighted by atomic mass is 9.73. The first-order valence-electron chi connectivity index (χ1n) is 11.6. The van der Waals surface area contributed by atoms with Crippen LogP contribution in [-0.2, 0) is 9.59 Å². The highest BCUT2D eigenvalue weighted by molar-refractivity contribution is 6.02. The summed E-state index contributed by atoms with van der Waals surface area (Å²) in [6, 6.07) is 13.6. The number of rotatable bonds is 8. The van der Waals surface area contributed by atoms with E-state index in [0.717, 1.165) is 29.0 Å². The van der Waals surface area contributed by atoms with Crippen molar-refractivity contribution in [2.24, 2.45) is 0 Å². The zero-order valence-electron chi connectivity index (χ0n) is 19.5. The van der Waals surface area contributed by atoms with Gasteiger partial charge in [0.15, 0.2) is 17.3 Å². The predicted molar refractivity (Wildman–Crippen MR) is 126 cm³/mol. The summed E-state index contributed by atoms with van der Waals surface area (Å²) in [6.45, 7) is 5.12. The summed E-state index contributed by atoms with van der Waals surface area (Å²) in [5.74, 6) is 1.70. The number of carbonyl (C=O) groups excluding carboxylic acids is 2. The molecular formula is C27H31NO5. The number of ether oxygens (including phenoxy) is 3. The molecule has 2 atom stereocenters. The summed E-state index contributed by atoms with van der Waals surface area (Å²) < 4.78 is 17.1. The molecule has 0 radical (unpaired) electrons. The molecule has 2 aromatic carbocycles. The van der Waals surface area contributed by atoms with Crippen LogP contribution in [0.4, 0.5) is 0 Å². The minimum absolute atomic E-state index is 0.0206. The Morgan fingerprint density at radius 3 is 2.45 bits per heavy atom. The Balaban J connectivity index is 1.66. The van der Waals surface area contributed by atoms with Crippen LogP contribution < -0.4 is 19.5 Å². The molecule has 1 aliphatic carbocycles. The quantitative estimate of drug-likeness (QED) is 0.621. The Morgan fingerprint density at radius 2 is 1.76 bits per heavy atom. The first-order chi connectivity index (χ1) is 16.0. The average molecular weight is 450 g/mol. The molecule has 2 unspecified atom stereocenters. The number of hydrogen-bond donors (Lipinski definition) is 1. The number of para-hydroxylation sites is 1.